The summed E-state index contributed by atoms with van der Waals surface area (Å²) in [5.41, 5.74) is 0. The van der Waals surface area contributed by atoms with Gasteiger partial charge in [0, 0.05) is 41.3 Å². The molecule has 24 valence electrons. The van der Waals surface area contributed by atoms with Gasteiger partial charge in [-0.05, 0) is 0 Å². The van der Waals surface area contributed by atoms with E-state index in [-0.39, 0.29) is 107 Å². The monoisotopic (exact) mass is 268 g/mol. The predicted octanol–water partition coefficient (Wildman–Crippen LogP) is -0.621. The van der Waals surface area contributed by atoms with Crippen molar-refractivity contribution in [3.8, 4) is 0 Å². The average molecular weight is 268 g/mol. The first kappa shape index (κ1) is 42.9. The zero-order valence-corrected chi connectivity index (χ0v) is 9.57. The maximum atomic E-state index is 0. The summed E-state index contributed by atoms with van der Waals surface area (Å²) in [7, 11) is 0. The Balaban J connectivity index is 0. The molecule has 0 aliphatic carbocycles. The Morgan fingerprint density at radius 2 is 0.800 bits per heavy atom. The largest absolute Gasteiger partial charge is 2.00 e. The van der Waals surface area contributed by atoms with Crippen molar-refractivity contribution < 1.29 is 69.3 Å². The second-order valence-electron chi connectivity index (χ2n) is 0. The zero-order chi connectivity index (χ0) is 0. The molecule has 0 saturated heterocycles. The molecule has 0 rings (SSSR count). The van der Waals surface area contributed by atoms with Gasteiger partial charge in [-0.3, -0.25) is 0 Å². The summed E-state index contributed by atoms with van der Waals surface area (Å²) in [6.07, 6.45) is 0. The Hall–Kier alpha value is 3.06. The average Bonchev–Trinajstić information content (AvgIpc) is 0. The fourth-order valence-corrected chi connectivity index (χ4v) is 0. The quantitative estimate of drug-likeness (QED) is 0.526. The van der Waals surface area contributed by atoms with E-state index in [9.17, 15) is 0 Å². The molecule has 0 aliphatic heterocycles. The van der Waals surface area contributed by atoms with Gasteiger partial charge in [0.15, 0.2) is 0 Å². The third-order valence-electron chi connectivity index (χ3n) is 0. The van der Waals surface area contributed by atoms with Crippen LogP contribution < -0.4 is 0 Å². The molecule has 0 fully saturated rings. The molecule has 0 amide bonds. The normalized spacial score (nSPS) is 0. The number of rotatable bonds is 0. The number of hydrogen-bond acceptors (Lipinski definition) is 0. The van der Waals surface area contributed by atoms with Crippen LogP contribution in [-0.2, 0) is 28.0 Å². The van der Waals surface area contributed by atoms with Crippen molar-refractivity contribution in [1.82, 2.24) is 0 Å². The second kappa shape index (κ2) is 27.7. The molecule has 0 unspecified atom stereocenters. The van der Waals surface area contributed by atoms with Crippen LogP contribution in [0.15, 0.2) is 0 Å². The SMILES string of the molecule is [Ca+2].[Mn+2].[O-2].[O-2].[Pr]. The van der Waals surface area contributed by atoms with Gasteiger partial charge in [-0.15, -0.1) is 0 Å². The minimum absolute atomic E-state index is 0. The van der Waals surface area contributed by atoms with Gasteiger partial charge < -0.3 is 11.0 Å². The van der Waals surface area contributed by atoms with Gasteiger partial charge in [0.1, 0.15) is 0 Å². The van der Waals surface area contributed by atoms with Gasteiger partial charge in [0.05, 0.1) is 0 Å². The first-order valence-electron chi connectivity index (χ1n) is 0. The van der Waals surface area contributed by atoms with Gasteiger partial charge in [0.25, 0.3) is 0 Å². The van der Waals surface area contributed by atoms with Gasteiger partial charge >= 0.3 is 54.8 Å². The Morgan fingerprint density at radius 3 is 0.800 bits per heavy atom. The van der Waals surface area contributed by atoms with Crippen molar-refractivity contribution in [3.05, 3.63) is 0 Å². The molecule has 5 heteroatoms. The first-order valence-corrected chi connectivity index (χ1v) is 0. The molecule has 0 aromatic rings. The Morgan fingerprint density at radius 1 is 0.800 bits per heavy atom. The molecule has 0 aromatic heterocycles. The molecule has 0 bridgehead atoms. The molecule has 2 radical (unpaired) electrons. The topological polar surface area (TPSA) is 57.0 Å². The van der Waals surface area contributed by atoms with E-state index in [0.29, 0.717) is 0 Å². The summed E-state index contributed by atoms with van der Waals surface area (Å²) in [5, 5.41) is 0. The van der Waals surface area contributed by atoms with E-state index in [4.69, 9.17) is 0 Å². The van der Waals surface area contributed by atoms with Crippen LogP contribution in [0, 0.1) is 41.3 Å². The summed E-state index contributed by atoms with van der Waals surface area (Å²) >= 11 is 0. The molecule has 0 aliphatic rings. The minimum Gasteiger partial charge on any atom is -2.00 e. The van der Waals surface area contributed by atoms with Crippen LogP contribution in [0.1, 0.15) is 0 Å². The van der Waals surface area contributed by atoms with E-state index in [1.807, 2.05) is 0 Å². The summed E-state index contributed by atoms with van der Waals surface area (Å²) in [6, 6.07) is 0. The van der Waals surface area contributed by atoms with Gasteiger partial charge in [-0.2, -0.15) is 0 Å². The predicted molar refractivity (Wildman–Crippen MR) is 7.13 cm³/mol. The van der Waals surface area contributed by atoms with Crippen LogP contribution in [0.4, 0.5) is 0 Å². The summed E-state index contributed by atoms with van der Waals surface area (Å²) in [5.74, 6) is 0. The molecular formula is CaMnO2Pr. The number of hydrogen-bond donors (Lipinski definition) is 0. The first-order chi connectivity index (χ1) is 0. The van der Waals surface area contributed by atoms with E-state index in [1.54, 1.807) is 0 Å². The fourth-order valence-electron chi connectivity index (χ4n) is 0. The van der Waals surface area contributed by atoms with Crippen molar-refractivity contribution in [2.75, 3.05) is 0 Å². The summed E-state index contributed by atoms with van der Waals surface area (Å²) < 4.78 is 0. The molecule has 0 heterocycles. The van der Waals surface area contributed by atoms with Gasteiger partial charge in [-0.1, -0.05) is 0 Å². The fraction of sp³-hybridized carbons (Fsp3) is 0. The van der Waals surface area contributed by atoms with Crippen LogP contribution in [0.3, 0.4) is 0 Å². The molecule has 2 nitrogen and oxygen atoms in total. The smallest absolute Gasteiger partial charge is 2.00 e. The second-order valence-corrected chi connectivity index (χ2v) is 0. The minimum atomic E-state index is 0. The van der Waals surface area contributed by atoms with Crippen molar-refractivity contribution >= 4 is 37.7 Å². The Kier molecular flexibility index (Phi) is 237. The maximum absolute atomic E-state index is 0. The third-order valence-corrected chi connectivity index (χ3v) is 0. The van der Waals surface area contributed by atoms with Crippen LogP contribution >= 0.6 is 0 Å². The van der Waals surface area contributed by atoms with Crippen LogP contribution in [0.2, 0.25) is 0 Å². The Bertz CT molecular complexity index is 9.61. The van der Waals surface area contributed by atoms with E-state index in [0.717, 1.165) is 0 Å². The van der Waals surface area contributed by atoms with E-state index in [1.165, 1.54) is 0 Å². The van der Waals surface area contributed by atoms with Crippen LogP contribution in [-0.4, -0.2) is 37.7 Å². The van der Waals surface area contributed by atoms with E-state index in [2.05, 4.69) is 0 Å². The molecule has 0 spiro atoms. The van der Waals surface area contributed by atoms with Crippen molar-refractivity contribution in [3.63, 3.8) is 0 Å². The summed E-state index contributed by atoms with van der Waals surface area (Å²) in [6.45, 7) is 0. The Labute approximate surface area is 104 Å². The molecule has 0 atom stereocenters. The molecular weight excluding hydrogens is 268 g/mol. The van der Waals surface area contributed by atoms with Crippen molar-refractivity contribution in [2.24, 2.45) is 0 Å². The van der Waals surface area contributed by atoms with Gasteiger partial charge in [0.2, 0.25) is 0 Å². The third kappa shape index (κ3) is 19.3. The molecule has 0 aromatic carbocycles. The van der Waals surface area contributed by atoms with Crippen molar-refractivity contribution in [1.29, 1.82) is 0 Å². The zero-order valence-electron chi connectivity index (χ0n) is 2.48. The van der Waals surface area contributed by atoms with E-state index < -0.39 is 0 Å². The molecule has 5 heavy (non-hydrogen) atoms. The van der Waals surface area contributed by atoms with Crippen LogP contribution in [0.25, 0.3) is 0 Å². The van der Waals surface area contributed by atoms with Gasteiger partial charge in [-0.25, -0.2) is 0 Å². The molecule has 0 N–H and O–H groups in total. The molecule has 0 saturated carbocycles. The van der Waals surface area contributed by atoms with E-state index >= 15 is 0 Å². The standard InChI is InChI=1S/Ca.Mn.2O.Pr/q2*+2;2*-2;. The summed E-state index contributed by atoms with van der Waals surface area (Å²) in [4.78, 5) is 0. The van der Waals surface area contributed by atoms with Crippen molar-refractivity contribution in [2.45, 2.75) is 0 Å². The van der Waals surface area contributed by atoms with Crippen LogP contribution in [0.5, 0.6) is 0 Å². The maximum Gasteiger partial charge on any atom is 2.00 e.